The van der Waals surface area contributed by atoms with Gasteiger partial charge in [0.25, 0.3) is 0 Å². The van der Waals surface area contributed by atoms with E-state index in [1.54, 1.807) is 17.1 Å². The average molecular weight is 484 g/mol. The van der Waals surface area contributed by atoms with Gasteiger partial charge in [-0.2, -0.15) is 18.3 Å². The summed E-state index contributed by atoms with van der Waals surface area (Å²) in [6, 6.07) is 3.37. The standard InChI is InChI=1S/C23H24F3N9/c1-13-10-28-22(32-18-5-7-29-34(18)3)33-20(13)17-12-35-11-14(2)15(9-19(35)31-17)8-16-4-6-27-21(30-16)23(24,25)26/h4-7,9-10,14-15H,8,11-12H2,1-3H3,(H,28,32,33)/t14-,15?/m1/s1. The second-order valence-corrected chi connectivity index (χ2v) is 8.87. The third kappa shape index (κ3) is 4.73. The minimum atomic E-state index is -4.56. The van der Waals surface area contributed by atoms with E-state index in [0.29, 0.717) is 24.6 Å². The summed E-state index contributed by atoms with van der Waals surface area (Å²) in [4.78, 5) is 23.2. The van der Waals surface area contributed by atoms with Crippen LogP contribution in [0.4, 0.5) is 24.9 Å². The Labute approximate surface area is 199 Å². The van der Waals surface area contributed by atoms with E-state index < -0.39 is 12.0 Å². The number of hydrogen-bond donors (Lipinski definition) is 1. The van der Waals surface area contributed by atoms with Crippen molar-refractivity contribution in [2.24, 2.45) is 23.9 Å². The van der Waals surface area contributed by atoms with Crippen LogP contribution in [0, 0.1) is 18.8 Å². The van der Waals surface area contributed by atoms with E-state index in [9.17, 15) is 13.2 Å². The third-order valence-corrected chi connectivity index (χ3v) is 6.23. The number of nitrogens with zero attached hydrogens (tertiary/aromatic N) is 8. The Morgan fingerprint density at radius 3 is 2.71 bits per heavy atom. The lowest BCUT2D eigenvalue weighted by molar-refractivity contribution is -0.145. The normalized spacial score (nSPS) is 19.9. The molecule has 3 aromatic heterocycles. The highest BCUT2D eigenvalue weighted by molar-refractivity contribution is 6.03. The molecule has 3 aromatic rings. The Bertz CT molecular complexity index is 1310. The second-order valence-electron chi connectivity index (χ2n) is 8.87. The van der Waals surface area contributed by atoms with Crippen molar-refractivity contribution in [1.29, 1.82) is 0 Å². The summed E-state index contributed by atoms with van der Waals surface area (Å²) in [6.45, 7) is 5.38. The number of fused-ring (bicyclic) bond motifs is 1. The number of aromatic nitrogens is 6. The van der Waals surface area contributed by atoms with Crippen LogP contribution in [0.2, 0.25) is 0 Å². The van der Waals surface area contributed by atoms with Crippen molar-refractivity contribution in [3.63, 3.8) is 0 Å². The quantitative estimate of drug-likeness (QED) is 0.593. The summed E-state index contributed by atoms with van der Waals surface area (Å²) in [5, 5.41) is 7.30. The number of nitrogens with one attached hydrogen (secondary N) is 1. The minimum Gasteiger partial charge on any atom is -0.351 e. The Morgan fingerprint density at radius 1 is 1.14 bits per heavy atom. The van der Waals surface area contributed by atoms with Gasteiger partial charge >= 0.3 is 6.18 Å². The van der Waals surface area contributed by atoms with Gasteiger partial charge in [-0.15, -0.1) is 0 Å². The number of rotatable bonds is 5. The van der Waals surface area contributed by atoms with Gasteiger partial charge in [0, 0.05) is 37.7 Å². The van der Waals surface area contributed by atoms with E-state index in [-0.39, 0.29) is 11.8 Å². The Morgan fingerprint density at radius 2 is 1.97 bits per heavy atom. The van der Waals surface area contributed by atoms with Crippen molar-refractivity contribution in [3.05, 3.63) is 65.4 Å². The molecule has 2 aliphatic heterocycles. The Hall–Kier alpha value is -3.83. The average Bonchev–Trinajstić information content (AvgIpc) is 3.40. The van der Waals surface area contributed by atoms with E-state index in [1.165, 1.54) is 12.3 Å². The highest BCUT2D eigenvalue weighted by atomic mass is 19.4. The van der Waals surface area contributed by atoms with E-state index in [1.807, 2.05) is 26.1 Å². The molecule has 0 aliphatic carbocycles. The van der Waals surface area contributed by atoms with Crippen molar-refractivity contribution in [2.75, 3.05) is 18.4 Å². The molecule has 1 unspecified atom stereocenters. The molecular formula is C23H24F3N9. The summed E-state index contributed by atoms with van der Waals surface area (Å²) in [6.07, 6.45) is 2.47. The number of hydrogen-bond acceptors (Lipinski definition) is 8. The summed E-state index contributed by atoms with van der Waals surface area (Å²) in [7, 11) is 1.83. The molecule has 2 aliphatic rings. The Balaban J connectivity index is 1.38. The molecule has 0 fully saturated rings. The molecule has 1 N–H and O–H groups in total. The van der Waals surface area contributed by atoms with Gasteiger partial charge in [-0.05, 0) is 42.9 Å². The third-order valence-electron chi connectivity index (χ3n) is 6.23. The van der Waals surface area contributed by atoms with Crippen LogP contribution in [0.1, 0.15) is 29.7 Å². The molecule has 0 radical (unpaired) electrons. The first-order valence-corrected chi connectivity index (χ1v) is 11.2. The molecule has 0 bridgehead atoms. The highest BCUT2D eigenvalue weighted by Gasteiger charge is 2.36. The van der Waals surface area contributed by atoms with Gasteiger partial charge in [-0.1, -0.05) is 6.92 Å². The summed E-state index contributed by atoms with van der Waals surface area (Å²) in [5.41, 5.74) is 2.87. The molecule has 35 heavy (non-hydrogen) atoms. The van der Waals surface area contributed by atoms with Gasteiger partial charge in [0.1, 0.15) is 11.6 Å². The largest absolute Gasteiger partial charge is 0.451 e. The maximum Gasteiger partial charge on any atom is 0.451 e. The summed E-state index contributed by atoms with van der Waals surface area (Å²) in [5.74, 6) is 1.14. The van der Waals surface area contributed by atoms with E-state index >= 15 is 0 Å². The van der Waals surface area contributed by atoms with Gasteiger partial charge in [0.2, 0.25) is 11.8 Å². The van der Waals surface area contributed by atoms with E-state index in [4.69, 9.17) is 9.98 Å². The first kappa shape index (κ1) is 22.9. The number of halogens is 3. The summed E-state index contributed by atoms with van der Waals surface area (Å²) < 4.78 is 40.7. The zero-order chi connectivity index (χ0) is 24.7. The molecule has 5 heterocycles. The molecule has 5 rings (SSSR count). The molecule has 0 spiro atoms. The fraction of sp³-hybridized carbons (Fsp3) is 0.391. The molecule has 12 heteroatoms. The first-order chi connectivity index (χ1) is 16.7. The van der Waals surface area contributed by atoms with Crippen molar-refractivity contribution in [2.45, 2.75) is 26.4 Å². The van der Waals surface area contributed by atoms with Crippen LogP contribution in [0.3, 0.4) is 0 Å². The van der Waals surface area contributed by atoms with Crippen molar-refractivity contribution in [1.82, 2.24) is 34.6 Å². The van der Waals surface area contributed by atoms with Gasteiger partial charge in [-0.25, -0.2) is 24.9 Å². The van der Waals surface area contributed by atoms with Crippen LogP contribution in [0.5, 0.6) is 0 Å². The minimum absolute atomic E-state index is 0.00824. The van der Waals surface area contributed by atoms with Gasteiger partial charge in [0.05, 0.1) is 24.1 Å². The molecule has 0 saturated heterocycles. The SMILES string of the molecule is Cc1cnc(Nc2ccnn2C)nc1C1=NC2=CC(Cc3ccnc(C(F)(F)F)n3)[C@H](C)CN2C1. The maximum absolute atomic E-state index is 13.0. The summed E-state index contributed by atoms with van der Waals surface area (Å²) >= 11 is 0. The monoisotopic (exact) mass is 483 g/mol. The lowest BCUT2D eigenvalue weighted by atomic mass is 9.86. The van der Waals surface area contributed by atoms with Crippen LogP contribution in [-0.2, 0) is 19.6 Å². The highest BCUT2D eigenvalue weighted by Crippen LogP contribution is 2.33. The topological polar surface area (TPSA) is 97.0 Å². The van der Waals surface area contributed by atoms with Crippen molar-refractivity contribution in [3.8, 4) is 0 Å². The predicted molar refractivity (Wildman–Crippen MR) is 123 cm³/mol. The fourth-order valence-electron chi connectivity index (χ4n) is 4.33. The van der Waals surface area contributed by atoms with Crippen LogP contribution in [0.15, 0.2) is 47.6 Å². The zero-order valence-corrected chi connectivity index (χ0v) is 19.5. The number of allylic oxidation sites excluding steroid dienone is 1. The van der Waals surface area contributed by atoms with Gasteiger partial charge in [0.15, 0.2) is 0 Å². The predicted octanol–water partition coefficient (Wildman–Crippen LogP) is 3.53. The molecule has 9 nitrogen and oxygen atoms in total. The second kappa shape index (κ2) is 8.75. The smallest absolute Gasteiger partial charge is 0.351 e. The number of aliphatic imine (C=N–C) groups is 1. The molecule has 0 saturated carbocycles. The van der Waals surface area contributed by atoms with E-state index in [0.717, 1.165) is 35.2 Å². The van der Waals surface area contributed by atoms with Gasteiger partial charge in [-0.3, -0.25) is 4.68 Å². The van der Waals surface area contributed by atoms with Crippen LogP contribution in [-0.4, -0.2) is 53.4 Å². The number of anilines is 2. The molecule has 0 amide bonds. The zero-order valence-electron chi connectivity index (χ0n) is 19.5. The van der Waals surface area contributed by atoms with Crippen LogP contribution >= 0.6 is 0 Å². The van der Waals surface area contributed by atoms with Crippen molar-refractivity contribution < 1.29 is 13.2 Å². The number of aryl methyl sites for hydroxylation is 2. The maximum atomic E-state index is 13.0. The Kier molecular flexibility index (Phi) is 5.73. The van der Waals surface area contributed by atoms with Crippen LogP contribution < -0.4 is 5.32 Å². The molecule has 2 atom stereocenters. The van der Waals surface area contributed by atoms with Crippen LogP contribution in [0.25, 0.3) is 0 Å². The molecule has 0 aromatic carbocycles. The van der Waals surface area contributed by atoms with Crippen molar-refractivity contribution >= 4 is 17.5 Å². The fourth-order valence-corrected chi connectivity index (χ4v) is 4.33. The first-order valence-electron chi connectivity index (χ1n) is 11.2. The lowest BCUT2D eigenvalue weighted by Crippen LogP contribution is -2.35. The van der Waals surface area contributed by atoms with Gasteiger partial charge < -0.3 is 10.2 Å². The number of alkyl halides is 3. The molecular weight excluding hydrogens is 459 g/mol. The molecule has 182 valence electrons. The lowest BCUT2D eigenvalue weighted by Gasteiger charge is -2.33. The van der Waals surface area contributed by atoms with E-state index in [2.05, 4.69) is 37.2 Å².